The van der Waals surface area contributed by atoms with E-state index >= 15 is 0 Å². The number of benzene rings is 2. The van der Waals surface area contributed by atoms with Crippen LogP contribution in [0.5, 0.6) is 0 Å². The van der Waals surface area contributed by atoms with Gasteiger partial charge in [0.15, 0.2) is 6.10 Å². The van der Waals surface area contributed by atoms with Crippen molar-refractivity contribution in [3.05, 3.63) is 71.5 Å². The molecule has 5 nitrogen and oxygen atoms in total. The molecular weight excluding hydrogens is 323 g/mol. The molecule has 1 aliphatic heterocycles. The highest BCUT2D eigenvalue weighted by atomic mass is 19.1. The summed E-state index contributed by atoms with van der Waals surface area (Å²) in [6, 6.07) is 14.8. The van der Waals surface area contributed by atoms with Crippen LogP contribution in [-0.4, -0.2) is 36.5 Å². The molecule has 1 saturated heterocycles. The average Bonchev–Trinajstić information content (AvgIpc) is 2.62. The molecule has 1 fully saturated rings. The number of ether oxygens (including phenoxy) is 1. The van der Waals surface area contributed by atoms with Crippen LogP contribution in [0, 0.1) is 5.82 Å². The van der Waals surface area contributed by atoms with Crippen molar-refractivity contribution in [3.8, 4) is 0 Å². The molecule has 1 aliphatic rings. The minimum absolute atomic E-state index is 0.141. The Morgan fingerprint density at radius 1 is 1.24 bits per heavy atom. The molecule has 0 radical (unpaired) electrons. The van der Waals surface area contributed by atoms with Gasteiger partial charge in [0.05, 0.1) is 6.04 Å². The lowest BCUT2D eigenvalue weighted by molar-refractivity contribution is -0.162. The van der Waals surface area contributed by atoms with Crippen LogP contribution in [0.15, 0.2) is 54.6 Å². The Kier molecular flexibility index (Phi) is 5.09. The van der Waals surface area contributed by atoms with Crippen molar-refractivity contribution in [2.45, 2.75) is 18.7 Å². The fourth-order valence-electron chi connectivity index (χ4n) is 2.92. The van der Waals surface area contributed by atoms with E-state index in [1.807, 2.05) is 30.3 Å². The zero-order valence-electron chi connectivity index (χ0n) is 13.8. The summed E-state index contributed by atoms with van der Waals surface area (Å²) in [5.74, 6) is -0.867. The van der Waals surface area contributed by atoms with Crippen molar-refractivity contribution in [3.63, 3.8) is 0 Å². The second-order valence-electron chi connectivity index (χ2n) is 5.94. The van der Waals surface area contributed by atoms with Gasteiger partial charge in [-0.25, -0.2) is 4.39 Å². The van der Waals surface area contributed by atoms with Gasteiger partial charge in [-0.3, -0.25) is 9.59 Å². The fraction of sp³-hybridized carbons (Fsp3) is 0.263. The molecule has 1 N–H and O–H groups in total. The van der Waals surface area contributed by atoms with Crippen LogP contribution in [0.4, 0.5) is 4.39 Å². The number of morpholine rings is 1. The van der Waals surface area contributed by atoms with Gasteiger partial charge in [-0.15, -0.1) is 0 Å². The maximum absolute atomic E-state index is 13.2. The molecule has 2 atom stereocenters. The third kappa shape index (κ3) is 3.85. The van der Waals surface area contributed by atoms with Gasteiger partial charge in [-0.05, 0) is 23.3 Å². The summed E-state index contributed by atoms with van der Waals surface area (Å²) in [4.78, 5) is 26.1. The van der Waals surface area contributed by atoms with E-state index in [9.17, 15) is 14.0 Å². The molecular formula is C19H19FN2O3. The van der Waals surface area contributed by atoms with Gasteiger partial charge >= 0.3 is 0 Å². The first-order valence-electron chi connectivity index (χ1n) is 8.00. The van der Waals surface area contributed by atoms with Gasteiger partial charge in [0, 0.05) is 13.6 Å². The van der Waals surface area contributed by atoms with Gasteiger partial charge in [-0.2, -0.15) is 0 Å². The Labute approximate surface area is 145 Å². The Balaban J connectivity index is 1.76. The lowest BCUT2D eigenvalue weighted by atomic mass is 9.97. The number of nitrogens with one attached hydrogen (secondary N) is 1. The molecule has 0 aromatic heterocycles. The molecule has 2 aromatic rings. The van der Waals surface area contributed by atoms with Crippen LogP contribution in [0.1, 0.15) is 17.2 Å². The minimum Gasteiger partial charge on any atom is -0.356 e. The molecule has 130 valence electrons. The molecule has 3 rings (SSSR count). The van der Waals surface area contributed by atoms with Gasteiger partial charge in [-0.1, -0.05) is 42.5 Å². The van der Waals surface area contributed by atoms with Crippen molar-refractivity contribution >= 4 is 11.8 Å². The Bertz CT molecular complexity index is 766. The monoisotopic (exact) mass is 342 g/mol. The Hall–Kier alpha value is -2.73. The maximum atomic E-state index is 13.2. The quantitative estimate of drug-likeness (QED) is 0.925. The molecule has 6 heteroatoms. The molecule has 25 heavy (non-hydrogen) atoms. The standard InChI is InChI=1S/C19H19FN2O3/c1-22-16(23)12-25-18(17(22)14-7-3-2-4-8-14)19(24)21-11-13-6-5-9-15(20)10-13/h2-10,17-18H,11-12H2,1H3,(H,21,24)/t17-,18+/m0/s1. The molecule has 0 saturated carbocycles. The summed E-state index contributed by atoms with van der Waals surface area (Å²) < 4.78 is 18.8. The van der Waals surface area contributed by atoms with Crippen molar-refractivity contribution < 1.29 is 18.7 Å². The van der Waals surface area contributed by atoms with Crippen LogP contribution in [0.2, 0.25) is 0 Å². The summed E-state index contributed by atoms with van der Waals surface area (Å²) in [5.41, 5.74) is 1.48. The molecule has 0 unspecified atom stereocenters. The predicted octanol–water partition coefficient (Wildman–Crippen LogP) is 2.04. The second kappa shape index (κ2) is 7.44. The number of likely N-dealkylation sites (N-methyl/N-ethyl adjacent to an activating group) is 1. The normalized spacial score (nSPS) is 20.4. The van der Waals surface area contributed by atoms with Crippen molar-refractivity contribution in [1.82, 2.24) is 10.2 Å². The first kappa shape index (κ1) is 17.1. The van der Waals surface area contributed by atoms with Crippen LogP contribution in [-0.2, 0) is 20.9 Å². The summed E-state index contributed by atoms with van der Waals surface area (Å²) in [6.07, 6.45) is -0.821. The summed E-state index contributed by atoms with van der Waals surface area (Å²) in [6.45, 7) is 0.0491. The highest BCUT2D eigenvalue weighted by molar-refractivity contribution is 5.86. The van der Waals surface area contributed by atoms with Gasteiger partial charge in [0.1, 0.15) is 12.4 Å². The van der Waals surface area contributed by atoms with E-state index in [2.05, 4.69) is 5.32 Å². The average molecular weight is 342 g/mol. The van der Waals surface area contributed by atoms with Crippen LogP contribution < -0.4 is 5.32 Å². The summed E-state index contributed by atoms with van der Waals surface area (Å²) in [5, 5.41) is 2.76. The summed E-state index contributed by atoms with van der Waals surface area (Å²) >= 11 is 0. The van der Waals surface area contributed by atoms with Gasteiger partial charge in [0.25, 0.3) is 5.91 Å². The fourth-order valence-corrected chi connectivity index (χ4v) is 2.92. The van der Waals surface area contributed by atoms with Gasteiger partial charge < -0.3 is 15.0 Å². The van der Waals surface area contributed by atoms with E-state index in [-0.39, 0.29) is 30.8 Å². The topological polar surface area (TPSA) is 58.6 Å². The zero-order chi connectivity index (χ0) is 17.8. The van der Waals surface area contributed by atoms with Crippen molar-refractivity contribution in [2.24, 2.45) is 0 Å². The predicted molar refractivity (Wildman–Crippen MR) is 89.9 cm³/mol. The number of hydrogen-bond acceptors (Lipinski definition) is 3. The Morgan fingerprint density at radius 3 is 2.72 bits per heavy atom. The van der Waals surface area contributed by atoms with Crippen LogP contribution >= 0.6 is 0 Å². The first-order valence-corrected chi connectivity index (χ1v) is 8.00. The summed E-state index contributed by atoms with van der Waals surface area (Å²) in [7, 11) is 1.66. The lowest BCUT2D eigenvalue weighted by Gasteiger charge is -2.38. The zero-order valence-corrected chi connectivity index (χ0v) is 13.8. The van der Waals surface area contributed by atoms with E-state index in [1.165, 1.54) is 17.0 Å². The maximum Gasteiger partial charge on any atom is 0.251 e. The number of carbonyl (C=O) groups is 2. The smallest absolute Gasteiger partial charge is 0.251 e. The molecule has 0 spiro atoms. The molecule has 2 amide bonds. The van der Waals surface area contributed by atoms with Gasteiger partial charge in [0.2, 0.25) is 5.91 Å². The number of amides is 2. The number of rotatable bonds is 4. The number of hydrogen-bond donors (Lipinski definition) is 1. The molecule has 0 bridgehead atoms. The molecule has 2 aromatic carbocycles. The number of carbonyl (C=O) groups excluding carboxylic acids is 2. The van der Waals surface area contributed by atoms with E-state index < -0.39 is 12.1 Å². The third-order valence-electron chi connectivity index (χ3n) is 4.24. The highest BCUT2D eigenvalue weighted by Gasteiger charge is 2.39. The van der Waals surface area contributed by atoms with Crippen LogP contribution in [0.25, 0.3) is 0 Å². The van der Waals surface area contributed by atoms with Crippen LogP contribution in [0.3, 0.4) is 0 Å². The first-order chi connectivity index (χ1) is 12.1. The molecule has 0 aliphatic carbocycles. The second-order valence-corrected chi connectivity index (χ2v) is 5.94. The minimum atomic E-state index is -0.821. The van der Waals surface area contributed by atoms with Crippen molar-refractivity contribution in [2.75, 3.05) is 13.7 Å². The molecule has 1 heterocycles. The largest absolute Gasteiger partial charge is 0.356 e. The van der Waals surface area contributed by atoms with E-state index in [1.54, 1.807) is 19.2 Å². The highest BCUT2D eigenvalue weighted by Crippen LogP contribution is 2.29. The SMILES string of the molecule is CN1C(=O)CO[C@@H](C(=O)NCc2cccc(F)c2)[C@@H]1c1ccccc1. The third-order valence-corrected chi connectivity index (χ3v) is 4.24. The van der Waals surface area contributed by atoms with E-state index in [0.717, 1.165) is 5.56 Å². The number of nitrogens with zero attached hydrogens (tertiary/aromatic N) is 1. The van der Waals surface area contributed by atoms with Crippen molar-refractivity contribution in [1.29, 1.82) is 0 Å². The number of halogens is 1. The van der Waals surface area contributed by atoms with E-state index in [0.29, 0.717) is 5.56 Å². The Morgan fingerprint density at radius 2 is 2.00 bits per heavy atom. The lowest BCUT2D eigenvalue weighted by Crippen LogP contribution is -2.52. The van der Waals surface area contributed by atoms with E-state index in [4.69, 9.17) is 4.74 Å².